The second kappa shape index (κ2) is 12.3. The Bertz CT molecular complexity index is 1040. The summed E-state index contributed by atoms with van der Waals surface area (Å²) in [4.78, 5) is 27.2. The summed E-state index contributed by atoms with van der Waals surface area (Å²) >= 11 is 11.9. The number of likely N-dealkylation sites (N-methyl/N-ethyl adjacent to an activating group) is 1. The molecule has 10 heteroatoms. The average Bonchev–Trinajstić information content (AvgIpc) is 2.77. The highest BCUT2D eigenvalue weighted by Gasteiger charge is 2.28. The summed E-state index contributed by atoms with van der Waals surface area (Å²) in [5, 5.41) is 3.70. The van der Waals surface area contributed by atoms with Crippen molar-refractivity contribution < 1.29 is 18.0 Å². The first-order valence-corrected chi connectivity index (χ1v) is 13.2. The van der Waals surface area contributed by atoms with Gasteiger partial charge < -0.3 is 10.2 Å². The molecule has 2 amide bonds. The SMILES string of the molecule is CC[C@@H](C(=O)NC)N(Cc1ccc(Cl)cc1)C(=O)CCCN(c1ccc(Cl)cc1)S(C)(=O)=O. The van der Waals surface area contributed by atoms with Crippen molar-refractivity contribution in [3.05, 3.63) is 64.1 Å². The van der Waals surface area contributed by atoms with Gasteiger partial charge in [-0.15, -0.1) is 0 Å². The number of anilines is 1. The van der Waals surface area contributed by atoms with Gasteiger partial charge in [-0.25, -0.2) is 8.42 Å². The molecule has 2 aromatic carbocycles. The fourth-order valence-electron chi connectivity index (χ4n) is 3.48. The van der Waals surface area contributed by atoms with Crippen molar-refractivity contribution in [2.45, 2.75) is 38.8 Å². The second-order valence-corrected chi connectivity index (χ2v) is 10.4. The van der Waals surface area contributed by atoms with Crippen molar-refractivity contribution >= 4 is 50.7 Å². The minimum absolute atomic E-state index is 0.0840. The zero-order valence-electron chi connectivity index (χ0n) is 18.9. The first-order valence-electron chi connectivity index (χ1n) is 10.6. The molecule has 0 heterocycles. The van der Waals surface area contributed by atoms with Crippen LogP contribution in [0.3, 0.4) is 0 Å². The summed E-state index contributed by atoms with van der Waals surface area (Å²) in [6.45, 7) is 2.21. The highest BCUT2D eigenvalue weighted by molar-refractivity contribution is 7.92. The Kier molecular flexibility index (Phi) is 10.0. The molecule has 0 bridgehead atoms. The maximum atomic E-state index is 13.2. The fraction of sp³-hybridized carbons (Fsp3) is 0.391. The van der Waals surface area contributed by atoms with Crippen LogP contribution in [0.4, 0.5) is 5.69 Å². The van der Waals surface area contributed by atoms with Gasteiger partial charge in [-0.1, -0.05) is 42.3 Å². The summed E-state index contributed by atoms with van der Waals surface area (Å²) in [6.07, 6.45) is 1.94. The van der Waals surface area contributed by atoms with Gasteiger partial charge in [0.1, 0.15) is 6.04 Å². The fourth-order valence-corrected chi connectivity index (χ4v) is 4.70. The van der Waals surface area contributed by atoms with Gasteiger partial charge in [-0.3, -0.25) is 13.9 Å². The van der Waals surface area contributed by atoms with Crippen LogP contribution in [0.1, 0.15) is 31.7 Å². The van der Waals surface area contributed by atoms with Gasteiger partial charge in [-0.2, -0.15) is 0 Å². The normalized spacial score (nSPS) is 12.2. The van der Waals surface area contributed by atoms with E-state index in [0.717, 1.165) is 11.8 Å². The second-order valence-electron chi connectivity index (χ2n) is 7.60. The number of hydrogen-bond acceptors (Lipinski definition) is 4. The molecule has 2 rings (SSSR count). The van der Waals surface area contributed by atoms with Crippen LogP contribution in [0.5, 0.6) is 0 Å². The first kappa shape index (κ1) is 27.0. The van der Waals surface area contributed by atoms with E-state index in [2.05, 4.69) is 5.32 Å². The van der Waals surface area contributed by atoms with Crippen LogP contribution < -0.4 is 9.62 Å². The number of sulfonamides is 1. The summed E-state index contributed by atoms with van der Waals surface area (Å²) in [5.41, 5.74) is 1.32. The lowest BCUT2D eigenvalue weighted by atomic mass is 10.1. The molecule has 0 saturated heterocycles. The highest BCUT2D eigenvalue weighted by atomic mass is 35.5. The van der Waals surface area contributed by atoms with Crippen molar-refractivity contribution in [3.8, 4) is 0 Å². The van der Waals surface area contributed by atoms with E-state index in [9.17, 15) is 18.0 Å². The number of halogens is 2. The molecule has 33 heavy (non-hydrogen) atoms. The molecule has 0 radical (unpaired) electrons. The molecule has 0 fully saturated rings. The Morgan fingerprint density at radius 1 is 1.00 bits per heavy atom. The summed E-state index contributed by atoms with van der Waals surface area (Å²) in [5.74, 6) is -0.483. The van der Waals surface area contributed by atoms with Crippen LogP contribution in [0.25, 0.3) is 0 Å². The Morgan fingerprint density at radius 3 is 2.03 bits per heavy atom. The zero-order chi connectivity index (χ0) is 24.6. The van der Waals surface area contributed by atoms with Gasteiger partial charge >= 0.3 is 0 Å². The molecule has 0 aliphatic rings. The highest BCUT2D eigenvalue weighted by Crippen LogP contribution is 2.22. The Labute approximate surface area is 205 Å². The number of rotatable bonds is 11. The Hall–Kier alpha value is -2.29. The number of amides is 2. The van der Waals surface area contributed by atoms with E-state index in [1.54, 1.807) is 36.4 Å². The van der Waals surface area contributed by atoms with Crippen LogP contribution >= 0.6 is 23.2 Å². The van der Waals surface area contributed by atoms with E-state index in [1.165, 1.54) is 16.3 Å². The molecular weight excluding hydrogens is 485 g/mol. The molecule has 0 aromatic heterocycles. The van der Waals surface area contributed by atoms with Crippen molar-refractivity contribution in [1.82, 2.24) is 10.2 Å². The first-order chi connectivity index (χ1) is 15.6. The Morgan fingerprint density at radius 2 is 1.55 bits per heavy atom. The zero-order valence-corrected chi connectivity index (χ0v) is 21.3. The third kappa shape index (κ3) is 7.91. The quantitative estimate of drug-likeness (QED) is 0.490. The smallest absolute Gasteiger partial charge is 0.242 e. The lowest BCUT2D eigenvalue weighted by Gasteiger charge is -2.30. The molecule has 0 aliphatic heterocycles. The summed E-state index contributed by atoms with van der Waals surface area (Å²) < 4.78 is 25.9. The third-order valence-corrected chi connectivity index (χ3v) is 6.86. The molecule has 2 aromatic rings. The molecular formula is C23H29Cl2N3O4S. The third-order valence-electron chi connectivity index (χ3n) is 5.17. The summed E-state index contributed by atoms with van der Waals surface area (Å²) in [6, 6.07) is 12.9. The average molecular weight is 514 g/mol. The summed E-state index contributed by atoms with van der Waals surface area (Å²) in [7, 11) is -2.02. The van der Waals surface area contributed by atoms with Gasteiger partial charge in [0, 0.05) is 36.6 Å². The van der Waals surface area contributed by atoms with Gasteiger partial charge in [-0.05, 0) is 54.8 Å². The molecule has 0 aliphatic carbocycles. The van der Waals surface area contributed by atoms with Crippen molar-refractivity contribution in [3.63, 3.8) is 0 Å². The largest absolute Gasteiger partial charge is 0.357 e. The van der Waals surface area contributed by atoms with Gasteiger partial charge in [0.05, 0.1) is 11.9 Å². The number of nitrogens with one attached hydrogen (secondary N) is 1. The van der Waals surface area contributed by atoms with E-state index < -0.39 is 16.1 Å². The van der Waals surface area contributed by atoms with E-state index in [1.807, 2.05) is 19.1 Å². The molecule has 1 N–H and O–H groups in total. The lowest BCUT2D eigenvalue weighted by molar-refractivity contribution is -0.141. The minimum Gasteiger partial charge on any atom is -0.357 e. The van der Waals surface area contributed by atoms with E-state index >= 15 is 0 Å². The standard InChI is InChI=1S/C23H29Cl2N3O4S/c1-4-21(23(30)26-2)27(16-17-7-9-18(24)10-8-17)22(29)6-5-15-28(33(3,31)32)20-13-11-19(25)12-14-20/h7-14,21H,4-6,15-16H2,1-3H3,(H,26,30)/t21-/m0/s1. The minimum atomic E-state index is -3.55. The van der Waals surface area contributed by atoms with Crippen molar-refractivity contribution in [2.75, 3.05) is 24.2 Å². The van der Waals surface area contributed by atoms with Crippen LogP contribution in [-0.4, -0.2) is 51.0 Å². The molecule has 0 saturated carbocycles. The van der Waals surface area contributed by atoms with Gasteiger partial charge in [0.25, 0.3) is 0 Å². The van der Waals surface area contributed by atoms with Crippen LogP contribution in [0.15, 0.2) is 48.5 Å². The monoisotopic (exact) mass is 513 g/mol. The molecule has 0 spiro atoms. The number of hydrogen-bond donors (Lipinski definition) is 1. The predicted octanol–water partition coefficient (Wildman–Crippen LogP) is 4.09. The number of carbonyl (C=O) groups excluding carboxylic acids is 2. The Balaban J connectivity index is 2.17. The van der Waals surface area contributed by atoms with Crippen LogP contribution in [0.2, 0.25) is 10.0 Å². The van der Waals surface area contributed by atoms with Crippen molar-refractivity contribution in [1.29, 1.82) is 0 Å². The lowest BCUT2D eigenvalue weighted by Crippen LogP contribution is -2.48. The van der Waals surface area contributed by atoms with Crippen LogP contribution in [0, 0.1) is 0 Å². The molecule has 0 unspecified atom stereocenters. The molecule has 180 valence electrons. The molecule has 7 nitrogen and oxygen atoms in total. The number of benzene rings is 2. The molecule has 1 atom stereocenters. The van der Waals surface area contributed by atoms with E-state index in [0.29, 0.717) is 22.2 Å². The van der Waals surface area contributed by atoms with E-state index in [-0.39, 0.29) is 37.7 Å². The number of carbonyl (C=O) groups is 2. The van der Waals surface area contributed by atoms with Gasteiger partial charge in [0.2, 0.25) is 21.8 Å². The maximum absolute atomic E-state index is 13.2. The maximum Gasteiger partial charge on any atom is 0.242 e. The number of nitrogens with zero attached hydrogens (tertiary/aromatic N) is 2. The topological polar surface area (TPSA) is 86.8 Å². The van der Waals surface area contributed by atoms with Crippen molar-refractivity contribution in [2.24, 2.45) is 0 Å². The van der Waals surface area contributed by atoms with Crippen LogP contribution in [-0.2, 0) is 26.2 Å². The van der Waals surface area contributed by atoms with E-state index in [4.69, 9.17) is 23.2 Å². The predicted molar refractivity (Wildman–Crippen MR) is 133 cm³/mol. The van der Waals surface area contributed by atoms with Gasteiger partial charge in [0.15, 0.2) is 0 Å².